The highest BCUT2D eigenvalue weighted by atomic mass is 14.9. The van der Waals surface area contributed by atoms with E-state index in [2.05, 4.69) is 37.4 Å². The summed E-state index contributed by atoms with van der Waals surface area (Å²) in [7, 11) is 0. The lowest BCUT2D eigenvalue weighted by atomic mass is 9.99. The van der Waals surface area contributed by atoms with Crippen molar-refractivity contribution in [2.24, 2.45) is 5.92 Å². The van der Waals surface area contributed by atoms with Gasteiger partial charge in [0.1, 0.15) is 0 Å². The second kappa shape index (κ2) is 3.41. The lowest BCUT2D eigenvalue weighted by molar-refractivity contribution is 0.571. The maximum atomic E-state index is 3.52. The lowest BCUT2D eigenvalue weighted by Gasteiger charge is -2.09. The van der Waals surface area contributed by atoms with Gasteiger partial charge in [-0.1, -0.05) is 19.1 Å². The Labute approximate surface area is 80.2 Å². The molecule has 0 fully saturated rings. The molecule has 0 bridgehead atoms. The van der Waals surface area contributed by atoms with Crippen molar-refractivity contribution in [3.8, 4) is 0 Å². The molecule has 0 aliphatic carbocycles. The second-order valence-corrected chi connectivity index (χ2v) is 4.13. The zero-order valence-corrected chi connectivity index (χ0v) is 8.43. The quantitative estimate of drug-likeness (QED) is 0.639. The fraction of sp³-hybridized carbons (Fsp3) is 0.500. The van der Waals surface area contributed by atoms with Gasteiger partial charge < -0.3 is 5.32 Å². The van der Waals surface area contributed by atoms with Crippen LogP contribution < -0.4 is 5.32 Å². The van der Waals surface area contributed by atoms with Gasteiger partial charge in [0.2, 0.25) is 0 Å². The number of fused-ring (bicyclic) bond motifs is 1. The first kappa shape index (κ1) is 8.61. The Balaban J connectivity index is 2.35. The number of benzene rings is 1. The Morgan fingerprint density at radius 1 is 1.38 bits per heavy atom. The van der Waals surface area contributed by atoms with Gasteiger partial charge in [-0.25, -0.2) is 0 Å². The first-order valence-electron chi connectivity index (χ1n) is 5.09. The van der Waals surface area contributed by atoms with E-state index in [0.29, 0.717) is 0 Å². The third-order valence-electron chi connectivity index (χ3n) is 2.94. The molecule has 13 heavy (non-hydrogen) atoms. The molecule has 0 amide bonds. The van der Waals surface area contributed by atoms with E-state index in [0.717, 1.165) is 12.5 Å². The highest BCUT2D eigenvalue weighted by Crippen LogP contribution is 2.25. The fourth-order valence-corrected chi connectivity index (χ4v) is 1.98. The van der Waals surface area contributed by atoms with Gasteiger partial charge in [-0.2, -0.15) is 0 Å². The van der Waals surface area contributed by atoms with Crippen LogP contribution in [0.5, 0.6) is 0 Å². The van der Waals surface area contributed by atoms with Crippen molar-refractivity contribution in [2.75, 3.05) is 11.9 Å². The Bertz CT molecular complexity index is 304. The van der Waals surface area contributed by atoms with Crippen molar-refractivity contribution < 1.29 is 0 Å². The van der Waals surface area contributed by atoms with Crippen LogP contribution in [0.25, 0.3) is 0 Å². The summed E-state index contributed by atoms with van der Waals surface area (Å²) in [6.07, 6.45) is 2.54. The van der Waals surface area contributed by atoms with Crippen LogP contribution in [0.2, 0.25) is 0 Å². The highest BCUT2D eigenvalue weighted by molar-refractivity contribution is 5.55. The topological polar surface area (TPSA) is 12.0 Å². The third-order valence-corrected chi connectivity index (χ3v) is 2.94. The molecule has 1 aliphatic rings. The van der Waals surface area contributed by atoms with Crippen molar-refractivity contribution in [2.45, 2.75) is 26.7 Å². The average Bonchev–Trinajstić information content (AvgIpc) is 2.30. The molecule has 1 heteroatoms. The molecule has 1 aliphatic heterocycles. The van der Waals surface area contributed by atoms with Crippen molar-refractivity contribution in [1.29, 1.82) is 0 Å². The lowest BCUT2D eigenvalue weighted by Crippen LogP contribution is -2.08. The van der Waals surface area contributed by atoms with E-state index in [4.69, 9.17) is 0 Å². The first-order chi connectivity index (χ1) is 6.27. The molecule has 70 valence electrons. The predicted octanol–water partition coefficient (Wildman–Crippen LogP) is 2.99. The second-order valence-electron chi connectivity index (χ2n) is 4.13. The van der Waals surface area contributed by atoms with Crippen molar-refractivity contribution in [3.05, 3.63) is 29.3 Å². The smallest absolute Gasteiger partial charge is 0.0375 e. The van der Waals surface area contributed by atoms with Gasteiger partial charge in [-0.15, -0.1) is 0 Å². The van der Waals surface area contributed by atoms with E-state index in [1.807, 2.05) is 0 Å². The van der Waals surface area contributed by atoms with Gasteiger partial charge in [-0.3, -0.25) is 0 Å². The van der Waals surface area contributed by atoms with Crippen LogP contribution in [0.3, 0.4) is 0 Å². The van der Waals surface area contributed by atoms with Gasteiger partial charge in [0.15, 0.2) is 0 Å². The molecule has 0 aromatic heterocycles. The molecule has 1 aromatic rings. The highest BCUT2D eigenvalue weighted by Gasteiger charge is 2.12. The number of aryl methyl sites for hydroxylation is 1. The Kier molecular flexibility index (Phi) is 2.26. The van der Waals surface area contributed by atoms with Crippen LogP contribution in [0.4, 0.5) is 5.69 Å². The van der Waals surface area contributed by atoms with E-state index >= 15 is 0 Å². The minimum absolute atomic E-state index is 0.798. The number of hydrogen-bond acceptors (Lipinski definition) is 1. The molecule has 1 nitrogen and oxygen atoms in total. The molecule has 0 radical (unpaired) electrons. The molecule has 1 heterocycles. The molecular weight excluding hydrogens is 158 g/mol. The zero-order chi connectivity index (χ0) is 9.26. The molecule has 1 N–H and O–H groups in total. The SMILES string of the molecule is Cc1cccc2c1CCC(C)CN2. The Morgan fingerprint density at radius 3 is 3.08 bits per heavy atom. The van der Waals surface area contributed by atoms with Crippen LogP contribution in [0, 0.1) is 12.8 Å². The van der Waals surface area contributed by atoms with Crippen LogP contribution in [-0.4, -0.2) is 6.54 Å². The summed E-state index contributed by atoms with van der Waals surface area (Å²) in [6.45, 7) is 5.64. The molecule has 1 atom stereocenters. The third kappa shape index (κ3) is 1.69. The average molecular weight is 175 g/mol. The van der Waals surface area contributed by atoms with Crippen LogP contribution >= 0.6 is 0 Å². The van der Waals surface area contributed by atoms with Crippen LogP contribution in [0.15, 0.2) is 18.2 Å². The Hall–Kier alpha value is -0.980. The fourth-order valence-electron chi connectivity index (χ4n) is 1.98. The molecule has 0 spiro atoms. The van der Waals surface area contributed by atoms with Gasteiger partial charge in [0.25, 0.3) is 0 Å². The van der Waals surface area contributed by atoms with E-state index in [9.17, 15) is 0 Å². The number of nitrogens with one attached hydrogen (secondary N) is 1. The summed E-state index contributed by atoms with van der Waals surface area (Å²) in [6, 6.07) is 6.54. The van der Waals surface area contributed by atoms with E-state index in [1.165, 1.54) is 29.7 Å². The zero-order valence-electron chi connectivity index (χ0n) is 8.43. The molecule has 0 saturated carbocycles. The van der Waals surface area contributed by atoms with E-state index in [-0.39, 0.29) is 0 Å². The monoisotopic (exact) mass is 175 g/mol. The molecule has 1 aromatic carbocycles. The largest absolute Gasteiger partial charge is 0.385 e. The van der Waals surface area contributed by atoms with Crippen molar-refractivity contribution in [1.82, 2.24) is 0 Å². The van der Waals surface area contributed by atoms with Gasteiger partial charge in [0, 0.05) is 12.2 Å². The minimum Gasteiger partial charge on any atom is -0.385 e. The normalized spacial score (nSPS) is 21.5. The van der Waals surface area contributed by atoms with Gasteiger partial charge >= 0.3 is 0 Å². The summed E-state index contributed by atoms with van der Waals surface area (Å²) in [4.78, 5) is 0. The van der Waals surface area contributed by atoms with Gasteiger partial charge in [0.05, 0.1) is 0 Å². The number of hydrogen-bond donors (Lipinski definition) is 1. The summed E-state index contributed by atoms with van der Waals surface area (Å²) >= 11 is 0. The van der Waals surface area contributed by atoms with Crippen LogP contribution in [-0.2, 0) is 6.42 Å². The van der Waals surface area contributed by atoms with E-state index < -0.39 is 0 Å². The molecule has 0 saturated heterocycles. The van der Waals surface area contributed by atoms with Crippen LogP contribution in [0.1, 0.15) is 24.5 Å². The maximum absolute atomic E-state index is 3.52. The van der Waals surface area contributed by atoms with E-state index in [1.54, 1.807) is 0 Å². The Morgan fingerprint density at radius 2 is 2.23 bits per heavy atom. The summed E-state index contributed by atoms with van der Waals surface area (Å²) in [5, 5.41) is 3.52. The van der Waals surface area contributed by atoms with Gasteiger partial charge in [-0.05, 0) is 42.9 Å². The molecule has 1 unspecified atom stereocenters. The number of anilines is 1. The summed E-state index contributed by atoms with van der Waals surface area (Å²) < 4.78 is 0. The minimum atomic E-state index is 0.798. The number of rotatable bonds is 0. The summed E-state index contributed by atoms with van der Waals surface area (Å²) in [5.41, 5.74) is 4.30. The maximum Gasteiger partial charge on any atom is 0.0375 e. The van der Waals surface area contributed by atoms with Crippen molar-refractivity contribution >= 4 is 5.69 Å². The standard InChI is InChI=1S/C12H17N/c1-9-6-7-11-10(2)4-3-5-12(11)13-8-9/h3-5,9,13H,6-8H2,1-2H3. The molecular formula is C12H17N. The predicted molar refractivity (Wildman–Crippen MR) is 57.2 cm³/mol. The molecule has 2 rings (SSSR count). The summed E-state index contributed by atoms with van der Waals surface area (Å²) in [5.74, 6) is 0.798. The van der Waals surface area contributed by atoms with Crippen molar-refractivity contribution in [3.63, 3.8) is 0 Å². The first-order valence-corrected chi connectivity index (χ1v) is 5.09.